The highest BCUT2D eigenvalue weighted by molar-refractivity contribution is 7.88. The van der Waals surface area contributed by atoms with Crippen LogP contribution < -0.4 is 9.66 Å². The highest BCUT2D eigenvalue weighted by Crippen LogP contribution is 2.28. The Hall–Kier alpha value is -1.85. The SMILES string of the molecule is O=C(NOC1CCCCO1)c1ccccc1OS(=O)(=O)C(F)(F)F. The molecule has 1 aromatic rings. The first kappa shape index (κ1) is 18.5. The zero-order valence-electron chi connectivity index (χ0n) is 12.2. The third-order valence-electron chi connectivity index (χ3n) is 3.04. The lowest BCUT2D eigenvalue weighted by Gasteiger charge is -2.22. The predicted molar refractivity (Wildman–Crippen MR) is 74.2 cm³/mol. The van der Waals surface area contributed by atoms with E-state index in [1.807, 2.05) is 5.48 Å². The highest BCUT2D eigenvalue weighted by Gasteiger charge is 2.49. The van der Waals surface area contributed by atoms with Gasteiger partial charge in [0.1, 0.15) is 0 Å². The van der Waals surface area contributed by atoms with Crippen molar-refractivity contribution in [2.24, 2.45) is 0 Å². The number of hydroxylamine groups is 1. The van der Waals surface area contributed by atoms with Gasteiger partial charge >= 0.3 is 15.6 Å². The largest absolute Gasteiger partial charge is 0.534 e. The minimum Gasteiger partial charge on any atom is -0.375 e. The maximum absolute atomic E-state index is 12.4. The molecule has 1 aliphatic heterocycles. The third kappa shape index (κ3) is 4.58. The first-order valence-electron chi connectivity index (χ1n) is 6.88. The number of ether oxygens (including phenoxy) is 1. The molecule has 1 fully saturated rings. The van der Waals surface area contributed by atoms with Gasteiger partial charge in [0.15, 0.2) is 12.0 Å². The molecule has 0 spiro atoms. The second-order valence-electron chi connectivity index (χ2n) is 4.82. The van der Waals surface area contributed by atoms with Crippen LogP contribution in [0.2, 0.25) is 0 Å². The Morgan fingerprint density at radius 2 is 1.96 bits per heavy atom. The third-order valence-corrected chi connectivity index (χ3v) is 4.00. The number of alkyl halides is 3. The Kier molecular flexibility index (Phi) is 5.67. The Bertz CT molecular complexity index is 685. The Balaban J connectivity index is 2.09. The summed E-state index contributed by atoms with van der Waals surface area (Å²) in [6, 6.07) is 4.58. The Morgan fingerprint density at radius 1 is 1.25 bits per heavy atom. The first-order valence-corrected chi connectivity index (χ1v) is 8.29. The molecular formula is C13H14F3NO6S. The molecule has 1 N–H and O–H groups in total. The van der Waals surface area contributed by atoms with E-state index >= 15 is 0 Å². The van der Waals surface area contributed by atoms with Crippen molar-refractivity contribution in [3.63, 3.8) is 0 Å². The fourth-order valence-corrected chi connectivity index (χ4v) is 2.35. The van der Waals surface area contributed by atoms with Gasteiger partial charge in [-0.05, 0) is 25.0 Å². The van der Waals surface area contributed by atoms with Crippen LogP contribution in [0.15, 0.2) is 24.3 Å². The summed E-state index contributed by atoms with van der Waals surface area (Å²) in [5, 5.41) is 0. The molecule has 1 saturated heterocycles. The van der Waals surface area contributed by atoms with E-state index in [1.165, 1.54) is 12.1 Å². The van der Waals surface area contributed by atoms with Crippen molar-refractivity contribution >= 4 is 16.0 Å². The first-order chi connectivity index (χ1) is 11.2. The smallest absolute Gasteiger partial charge is 0.375 e. The Morgan fingerprint density at radius 3 is 2.58 bits per heavy atom. The molecule has 0 aromatic heterocycles. The van der Waals surface area contributed by atoms with Crippen molar-refractivity contribution in [2.45, 2.75) is 31.1 Å². The molecule has 11 heteroatoms. The van der Waals surface area contributed by atoms with Crippen molar-refractivity contribution < 1.29 is 40.1 Å². The molecule has 1 aliphatic rings. The zero-order chi connectivity index (χ0) is 17.8. The van der Waals surface area contributed by atoms with E-state index in [-0.39, 0.29) is 0 Å². The van der Waals surface area contributed by atoms with Crippen LogP contribution in [0, 0.1) is 0 Å². The average Bonchev–Trinajstić information content (AvgIpc) is 2.52. The lowest BCUT2D eigenvalue weighted by molar-refractivity contribution is -0.186. The van der Waals surface area contributed by atoms with Crippen LogP contribution in [0.25, 0.3) is 0 Å². The van der Waals surface area contributed by atoms with Gasteiger partial charge < -0.3 is 8.92 Å². The van der Waals surface area contributed by atoms with Crippen LogP contribution in [-0.4, -0.2) is 32.7 Å². The number of hydrogen-bond donors (Lipinski definition) is 1. The van der Waals surface area contributed by atoms with E-state index in [1.54, 1.807) is 0 Å². The summed E-state index contributed by atoms with van der Waals surface area (Å²) in [5.41, 5.74) is -4.02. The average molecular weight is 369 g/mol. The normalized spacial score (nSPS) is 18.9. The monoisotopic (exact) mass is 369 g/mol. The van der Waals surface area contributed by atoms with E-state index in [0.717, 1.165) is 25.0 Å². The fraction of sp³-hybridized carbons (Fsp3) is 0.462. The number of para-hydroxylation sites is 1. The summed E-state index contributed by atoms with van der Waals surface area (Å²) in [6.45, 7) is 0.462. The van der Waals surface area contributed by atoms with Gasteiger partial charge in [-0.2, -0.15) is 21.6 Å². The molecule has 1 aromatic carbocycles. The second-order valence-corrected chi connectivity index (χ2v) is 6.36. The van der Waals surface area contributed by atoms with Crippen LogP contribution in [0.4, 0.5) is 13.2 Å². The van der Waals surface area contributed by atoms with E-state index in [0.29, 0.717) is 13.0 Å². The topological polar surface area (TPSA) is 90.9 Å². The number of rotatable bonds is 5. The minimum absolute atomic E-state index is 0.430. The van der Waals surface area contributed by atoms with Crippen molar-refractivity contribution in [2.75, 3.05) is 6.61 Å². The Labute approximate surface area is 135 Å². The van der Waals surface area contributed by atoms with E-state index in [9.17, 15) is 26.4 Å². The summed E-state index contributed by atoms with van der Waals surface area (Å²) < 4.78 is 68.5. The van der Waals surface area contributed by atoms with Crippen LogP contribution in [0.5, 0.6) is 5.75 Å². The number of carbonyl (C=O) groups is 1. The van der Waals surface area contributed by atoms with E-state index in [4.69, 9.17) is 9.57 Å². The van der Waals surface area contributed by atoms with Gasteiger partial charge in [0.25, 0.3) is 5.91 Å². The van der Waals surface area contributed by atoms with Gasteiger partial charge in [-0.1, -0.05) is 12.1 Å². The molecule has 0 aliphatic carbocycles. The predicted octanol–water partition coefficient (Wildman–Crippen LogP) is 2.10. The standard InChI is InChI=1S/C13H14F3NO6S/c14-13(15,16)24(19,20)23-10-6-2-1-5-9(10)12(18)17-22-11-7-3-4-8-21-11/h1-2,5-6,11H,3-4,7-8H2,(H,17,18). The molecule has 1 unspecified atom stereocenters. The molecule has 1 atom stereocenters. The summed E-state index contributed by atoms with van der Waals surface area (Å²) in [5.74, 6) is -1.72. The van der Waals surface area contributed by atoms with E-state index < -0.39 is 39.1 Å². The van der Waals surface area contributed by atoms with Crippen LogP contribution in [0.1, 0.15) is 29.6 Å². The van der Waals surface area contributed by atoms with E-state index in [2.05, 4.69) is 4.18 Å². The molecule has 0 saturated carbocycles. The molecule has 1 heterocycles. The number of carbonyl (C=O) groups excluding carboxylic acids is 1. The zero-order valence-corrected chi connectivity index (χ0v) is 13.0. The number of amides is 1. The summed E-state index contributed by atoms with van der Waals surface area (Å²) in [4.78, 5) is 17.0. The van der Waals surface area contributed by atoms with Gasteiger partial charge in [0, 0.05) is 13.0 Å². The van der Waals surface area contributed by atoms with Crippen LogP contribution in [-0.2, 0) is 19.7 Å². The lowest BCUT2D eigenvalue weighted by Crippen LogP contribution is -2.34. The molecule has 24 heavy (non-hydrogen) atoms. The minimum atomic E-state index is -5.89. The van der Waals surface area contributed by atoms with Crippen molar-refractivity contribution in [1.82, 2.24) is 5.48 Å². The van der Waals surface area contributed by atoms with Gasteiger partial charge in [0.2, 0.25) is 0 Å². The maximum atomic E-state index is 12.4. The lowest BCUT2D eigenvalue weighted by atomic mass is 10.2. The van der Waals surface area contributed by atoms with Gasteiger partial charge in [-0.15, -0.1) is 0 Å². The van der Waals surface area contributed by atoms with Gasteiger partial charge in [-0.25, -0.2) is 10.3 Å². The second kappa shape index (κ2) is 7.36. The molecule has 0 bridgehead atoms. The molecule has 7 nitrogen and oxygen atoms in total. The molecule has 2 rings (SSSR count). The quantitative estimate of drug-likeness (QED) is 0.486. The van der Waals surface area contributed by atoms with Crippen LogP contribution in [0.3, 0.4) is 0 Å². The molecule has 134 valence electrons. The van der Waals surface area contributed by atoms with Gasteiger partial charge in [-0.3, -0.25) is 4.79 Å². The summed E-state index contributed by atoms with van der Waals surface area (Å²) >= 11 is 0. The number of benzene rings is 1. The van der Waals surface area contributed by atoms with Crippen molar-refractivity contribution in [3.05, 3.63) is 29.8 Å². The molecular weight excluding hydrogens is 355 g/mol. The number of hydrogen-bond acceptors (Lipinski definition) is 6. The van der Waals surface area contributed by atoms with Crippen molar-refractivity contribution in [1.29, 1.82) is 0 Å². The molecule has 1 amide bonds. The highest BCUT2D eigenvalue weighted by atomic mass is 32.2. The fourth-order valence-electron chi connectivity index (χ4n) is 1.87. The van der Waals surface area contributed by atoms with Crippen LogP contribution >= 0.6 is 0 Å². The maximum Gasteiger partial charge on any atom is 0.534 e. The van der Waals surface area contributed by atoms with Crippen molar-refractivity contribution in [3.8, 4) is 5.75 Å². The molecule has 0 radical (unpaired) electrons. The number of nitrogens with one attached hydrogen (secondary N) is 1. The number of halogens is 3. The summed E-state index contributed by atoms with van der Waals surface area (Å²) in [7, 11) is -5.89. The summed E-state index contributed by atoms with van der Waals surface area (Å²) in [6.07, 6.45) is 1.57. The van der Waals surface area contributed by atoms with Gasteiger partial charge in [0.05, 0.1) is 5.56 Å².